The maximum absolute atomic E-state index is 13.3. The highest BCUT2D eigenvalue weighted by Crippen LogP contribution is 2.25. The molecule has 2 aromatic rings. The summed E-state index contributed by atoms with van der Waals surface area (Å²) in [5.74, 6) is 0.0354. The van der Waals surface area contributed by atoms with Crippen LogP contribution in [0.25, 0.3) is 5.57 Å². The molecule has 0 radical (unpaired) electrons. The summed E-state index contributed by atoms with van der Waals surface area (Å²) >= 11 is 0. The average molecular weight is 382 g/mol. The average Bonchev–Trinajstić information content (AvgIpc) is 2.69. The van der Waals surface area contributed by atoms with Crippen molar-refractivity contribution >= 4 is 23.1 Å². The Morgan fingerprint density at radius 2 is 2.00 bits per heavy atom. The SMILES string of the molecule is CNC(=O)Nc1cc(/C(C(=N)c2ccc(F)cc2)=C2\CN(C)CCN2)ccn1. The van der Waals surface area contributed by atoms with E-state index in [1.54, 1.807) is 30.5 Å². The van der Waals surface area contributed by atoms with Gasteiger partial charge in [0.25, 0.3) is 0 Å². The van der Waals surface area contributed by atoms with Gasteiger partial charge in [-0.15, -0.1) is 0 Å². The number of carbonyl (C=O) groups is 1. The first-order valence-corrected chi connectivity index (χ1v) is 8.93. The fourth-order valence-electron chi connectivity index (χ4n) is 3.03. The van der Waals surface area contributed by atoms with Gasteiger partial charge in [0.05, 0.1) is 5.71 Å². The minimum Gasteiger partial charge on any atom is -0.385 e. The van der Waals surface area contributed by atoms with Gasteiger partial charge in [-0.3, -0.25) is 15.6 Å². The molecule has 1 aliphatic heterocycles. The Balaban J connectivity index is 2.05. The molecule has 1 aromatic carbocycles. The van der Waals surface area contributed by atoms with E-state index in [1.807, 2.05) is 7.05 Å². The molecule has 0 saturated carbocycles. The Morgan fingerprint density at radius 3 is 2.68 bits per heavy atom. The maximum Gasteiger partial charge on any atom is 0.320 e. The van der Waals surface area contributed by atoms with E-state index in [0.29, 0.717) is 23.5 Å². The van der Waals surface area contributed by atoms with Crippen LogP contribution in [0.2, 0.25) is 0 Å². The highest BCUT2D eigenvalue weighted by Gasteiger charge is 2.20. The molecule has 7 nitrogen and oxygen atoms in total. The third-order valence-electron chi connectivity index (χ3n) is 4.46. The van der Waals surface area contributed by atoms with E-state index in [9.17, 15) is 9.18 Å². The van der Waals surface area contributed by atoms with Gasteiger partial charge in [0.1, 0.15) is 11.6 Å². The number of hydrogen-bond acceptors (Lipinski definition) is 5. The number of carbonyl (C=O) groups excluding carboxylic acids is 1. The molecule has 28 heavy (non-hydrogen) atoms. The van der Waals surface area contributed by atoms with Gasteiger partial charge in [-0.2, -0.15) is 0 Å². The summed E-state index contributed by atoms with van der Waals surface area (Å²) in [5.41, 5.74) is 3.22. The molecular weight excluding hydrogens is 359 g/mol. The van der Waals surface area contributed by atoms with E-state index in [4.69, 9.17) is 5.41 Å². The van der Waals surface area contributed by atoms with Gasteiger partial charge in [-0.1, -0.05) is 0 Å². The van der Waals surface area contributed by atoms with Crippen molar-refractivity contribution < 1.29 is 9.18 Å². The van der Waals surface area contributed by atoms with E-state index in [-0.39, 0.29) is 17.6 Å². The molecule has 4 N–H and O–H groups in total. The standard InChI is InChI=1S/C20H23FN6O/c1-23-20(28)26-17-11-14(7-8-25-17)18(16-12-27(2)10-9-24-16)19(22)13-3-5-15(21)6-4-13/h3-8,11,22,24H,9-10,12H2,1-2H3,(H2,23,25,26,28)/b18-16-,22-19?. The monoisotopic (exact) mass is 382 g/mol. The first-order chi connectivity index (χ1) is 13.5. The molecule has 0 atom stereocenters. The number of halogens is 1. The van der Waals surface area contributed by atoms with Crippen molar-refractivity contribution in [2.24, 2.45) is 0 Å². The zero-order chi connectivity index (χ0) is 20.1. The van der Waals surface area contributed by atoms with Gasteiger partial charge < -0.3 is 10.6 Å². The number of rotatable bonds is 4. The molecular formula is C20H23FN6O. The second-order valence-electron chi connectivity index (χ2n) is 6.53. The number of nitrogens with zero attached hydrogens (tertiary/aromatic N) is 2. The zero-order valence-electron chi connectivity index (χ0n) is 15.8. The maximum atomic E-state index is 13.3. The molecule has 2 amide bonds. The smallest absolute Gasteiger partial charge is 0.320 e. The van der Waals surface area contributed by atoms with Crippen LogP contribution in [-0.2, 0) is 0 Å². The normalized spacial score (nSPS) is 16.1. The second kappa shape index (κ2) is 8.62. The lowest BCUT2D eigenvalue weighted by molar-refractivity contribution is 0.254. The highest BCUT2D eigenvalue weighted by atomic mass is 19.1. The largest absolute Gasteiger partial charge is 0.385 e. The van der Waals surface area contributed by atoms with Crippen LogP contribution in [0.3, 0.4) is 0 Å². The van der Waals surface area contributed by atoms with Gasteiger partial charge in [-0.05, 0) is 49.0 Å². The third kappa shape index (κ3) is 4.52. The van der Waals surface area contributed by atoms with Crippen LogP contribution in [0.5, 0.6) is 0 Å². The molecule has 3 rings (SSSR count). The lowest BCUT2D eigenvalue weighted by Crippen LogP contribution is -2.40. The fourth-order valence-corrected chi connectivity index (χ4v) is 3.03. The lowest BCUT2D eigenvalue weighted by Gasteiger charge is -2.29. The van der Waals surface area contributed by atoms with Crippen LogP contribution in [0.4, 0.5) is 15.0 Å². The van der Waals surface area contributed by atoms with Crippen molar-refractivity contribution in [2.45, 2.75) is 0 Å². The molecule has 1 saturated heterocycles. The molecule has 0 unspecified atom stereocenters. The van der Waals surface area contributed by atoms with Crippen molar-refractivity contribution in [3.05, 3.63) is 65.2 Å². The summed E-state index contributed by atoms with van der Waals surface area (Å²) in [6.07, 6.45) is 1.59. The van der Waals surface area contributed by atoms with Gasteiger partial charge in [-0.25, -0.2) is 14.2 Å². The lowest BCUT2D eigenvalue weighted by atomic mass is 9.93. The van der Waals surface area contributed by atoms with Crippen LogP contribution in [0.15, 0.2) is 48.3 Å². The van der Waals surface area contributed by atoms with E-state index < -0.39 is 0 Å². The Kier molecular flexibility index (Phi) is 6.00. The zero-order valence-corrected chi connectivity index (χ0v) is 15.8. The van der Waals surface area contributed by atoms with Crippen molar-refractivity contribution in [3.8, 4) is 0 Å². The highest BCUT2D eigenvalue weighted by molar-refractivity contribution is 6.31. The number of likely N-dealkylation sites (N-methyl/N-ethyl adjacent to an activating group) is 1. The number of nitrogens with one attached hydrogen (secondary N) is 4. The second-order valence-corrected chi connectivity index (χ2v) is 6.53. The Hall–Kier alpha value is -3.26. The quantitative estimate of drug-likeness (QED) is 0.611. The fraction of sp³-hybridized carbons (Fsp3) is 0.250. The number of piperazine rings is 1. The predicted molar refractivity (Wildman–Crippen MR) is 108 cm³/mol. The molecule has 8 heteroatoms. The summed E-state index contributed by atoms with van der Waals surface area (Å²) in [5, 5.41) is 17.3. The predicted octanol–water partition coefficient (Wildman–Crippen LogP) is 2.29. The van der Waals surface area contributed by atoms with Crippen LogP contribution in [0.1, 0.15) is 11.1 Å². The first-order valence-electron chi connectivity index (χ1n) is 8.93. The number of amides is 2. The van der Waals surface area contributed by atoms with E-state index >= 15 is 0 Å². The van der Waals surface area contributed by atoms with Crippen molar-refractivity contribution in [3.63, 3.8) is 0 Å². The molecule has 2 heterocycles. The van der Waals surface area contributed by atoms with Crippen LogP contribution < -0.4 is 16.0 Å². The molecule has 1 aliphatic rings. The summed E-state index contributed by atoms with van der Waals surface area (Å²) in [6, 6.07) is 9.03. The van der Waals surface area contributed by atoms with E-state index in [2.05, 4.69) is 25.8 Å². The molecule has 146 valence electrons. The number of benzene rings is 1. The van der Waals surface area contributed by atoms with Gasteiger partial charge >= 0.3 is 6.03 Å². The number of pyridine rings is 1. The Labute approximate surface area is 163 Å². The summed E-state index contributed by atoms with van der Waals surface area (Å²) < 4.78 is 13.3. The molecule has 0 bridgehead atoms. The topological polar surface area (TPSA) is 93.1 Å². The number of urea groups is 1. The van der Waals surface area contributed by atoms with Crippen molar-refractivity contribution in [1.82, 2.24) is 20.5 Å². The van der Waals surface area contributed by atoms with Gasteiger partial charge in [0.15, 0.2) is 0 Å². The van der Waals surface area contributed by atoms with Crippen LogP contribution in [-0.4, -0.2) is 55.4 Å². The van der Waals surface area contributed by atoms with E-state index in [1.165, 1.54) is 19.2 Å². The van der Waals surface area contributed by atoms with Crippen LogP contribution in [0, 0.1) is 11.2 Å². The minimum atomic E-state index is -0.372. The summed E-state index contributed by atoms with van der Waals surface area (Å²) in [7, 11) is 3.55. The Bertz CT molecular complexity index is 909. The third-order valence-corrected chi connectivity index (χ3v) is 4.46. The summed E-state index contributed by atoms with van der Waals surface area (Å²) in [4.78, 5) is 18.0. The number of allylic oxidation sites excluding steroid dienone is 1. The number of anilines is 1. The molecule has 1 aromatic heterocycles. The van der Waals surface area contributed by atoms with Crippen LogP contribution >= 0.6 is 0 Å². The molecule has 0 aliphatic carbocycles. The summed E-state index contributed by atoms with van der Waals surface area (Å²) in [6.45, 7) is 2.32. The van der Waals surface area contributed by atoms with Crippen molar-refractivity contribution in [1.29, 1.82) is 5.41 Å². The molecule has 1 fully saturated rings. The minimum absolute atomic E-state index is 0.273. The van der Waals surface area contributed by atoms with Crippen molar-refractivity contribution in [2.75, 3.05) is 39.0 Å². The first kappa shape index (κ1) is 19.5. The Morgan fingerprint density at radius 1 is 1.25 bits per heavy atom. The number of aromatic nitrogens is 1. The van der Waals surface area contributed by atoms with Gasteiger partial charge in [0.2, 0.25) is 0 Å². The van der Waals surface area contributed by atoms with E-state index in [0.717, 1.165) is 24.4 Å². The number of hydrogen-bond donors (Lipinski definition) is 4. The van der Waals surface area contributed by atoms with Gasteiger partial charge in [0, 0.05) is 49.7 Å². The molecule has 0 spiro atoms.